The number of nitrogens with zero attached hydrogens (tertiary/aromatic N) is 4. The number of nitrogens with one attached hydrogen (secondary N) is 1. The van der Waals surface area contributed by atoms with Gasteiger partial charge in [-0.25, -0.2) is 9.97 Å². The van der Waals surface area contributed by atoms with Crippen LogP contribution in [0.1, 0.15) is 35.2 Å². The second-order valence-electron chi connectivity index (χ2n) is 7.97. The van der Waals surface area contributed by atoms with Gasteiger partial charge < -0.3 is 14.6 Å². The summed E-state index contributed by atoms with van der Waals surface area (Å²) in [5.41, 5.74) is 3.10. The van der Waals surface area contributed by atoms with Gasteiger partial charge in [-0.2, -0.15) is 0 Å². The summed E-state index contributed by atoms with van der Waals surface area (Å²) < 4.78 is 6.75. The van der Waals surface area contributed by atoms with E-state index < -0.39 is 0 Å². The molecular formula is C23H27N5O3. The lowest BCUT2D eigenvalue weighted by Gasteiger charge is -2.25. The number of imidazole rings is 1. The molecule has 0 bridgehead atoms. The minimum absolute atomic E-state index is 0.154. The summed E-state index contributed by atoms with van der Waals surface area (Å²) in [4.78, 5) is 35.3. The zero-order valence-corrected chi connectivity index (χ0v) is 17.8. The molecule has 8 heteroatoms. The first kappa shape index (κ1) is 21.0. The van der Waals surface area contributed by atoms with Crippen LogP contribution in [0.15, 0.2) is 48.9 Å². The van der Waals surface area contributed by atoms with Gasteiger partial charge in [0.2, 0.25) is 0 Å². The number of benzene rings is 1. The van der Waals surface area contributed by atoms with Gasteiger partial charge >= 0.3 is 5.97 Å². The molecule has 0 unspecified atom stereocenters. The summed E-state index contributed by atoms with van der Waals surface area (Å²) in [6, 6.07) is 12.2. The van der Waals surface area contributed by atoms with Gasteiger partial charge in [0, 0.05) is 24.8 Å². The van der Waals surface area contributed by atoms with Gasteiger partial charge in [-0.3, -0.25) is 14.5 Å². The Bertz CT molecular complexity index is 1070. The van der Waals surface area contributed by atoms with Gasteiger partial charge in [-0.15, -0.1) is 0 Å². The Hall–Kier alpha value is -3.26. The first-order valence-electron chi connectivity index (χ1n) is 10.5. The highest BCUT2D eigenvalue weighted by Crippen LogP contribution is 2.24. The van der Waals surface area contributed by atoms with Gasteiger partial charge in [0.05, 0.1) is 32.0 Å². The van der Waals surface area contributed by atoms with E-state index in [1.165, 1.54) is 7.11 Å². The topological polar surface area (TPSA) is 89.3 Å². The molecule has 2 aromatic heterocycles. The van der Waals surface area contributed by atoms with E-state index in [0.29, 0.717) is 30.6 Å². The molecule has 1 fully saturated rings. The van der Waals surface area contributed by atoms with Crippen molar-refractivity contribution in [3.05, 3.63) is 60.0 Å². The van der Waals surface area contributed by atoms with Gasteiger partial charge in [0.15, 0.2) is 5.65 Å². The van der Waals surface area contributed by atoms with Crippen molar-refractivity contribution in [3.8, 4) is 0 Å². The number of rotatable bonds is 7. The van der Waals surface area contributed by atoms with Crippen LogP contribution in [-0.4, -0.2) is 64.1 Å². The third-order valence-corrected chi connectivity index (χ3v) is 6.03. The SMILES string of the molecule is COC(=O)C[C@H]1CC[C@@H](CNC(=O)c2cnc3c(c2)ncn3Cc2ccccc2)N1C. The Morgan fingerprint density at radius 3 is 2.71 bits per heavy atom. The number of amides is 1. The van der Waals surface area contributed by atoms with Crippen LogP contribution in [0.5, 0.6) is 0 Å². The lowest BCUT2D eigenvalue weighted by Crippen LogP contribution is -2.41. The zero-order valence-electron chi connectivity index (χ0n) is 17.8. The monoisotopic (exact) mass is 421 g/mol. The number of fused-ring (bicyclic) bond motifs is 1. The van der Waals surface area contributed by atoms with Crippen molar-refractivity contribution >= 4 is 23.0 Å². The van der Waals surface area contributed by atoms with Gasteiger partial charge in [-0.1, -0.05) is 30.3 Å². The highest BCUT2D eigenvalue weighted by Gasteiger charge is 2.32. The first-order valence-corrected chi connectivity index (χ1v) is 10.5. The quantitative estimate of drug-likeness (QED) is 0.589. The fourth-order valence-corrected chi connectivity index (χ4v) is 4.14. The van der Waals surface area contributed by atoms with Crippen LogP contribution in [0.3, 0.4) is 0 Å². The van der Waals surface area contributed by atoms with Crippen molar-refractivity contribution in [3.63, 3.8) is 0 Å². The molecule has 0 saturated carbocycles. The number of aromatic nitrogens is 3. The number of hydrogen-bond acceptors (Lipinski definition) is 6. The average molecular weight is 422 g/mol. The molecule has 1 amide bonds. The molecule has 0 spiro atoms. The maximum Gasteiger partial charge on any atom is 0.307 e. The summed E-state index contributed by atoms with van der Waals surface area (Å²) in [7, 11) is 3.40. The number of likely N-dealkylation sites (tertiary alicyclic amines) is 1. The van der Waals surface area contributed by atoms with Crippen LogP contribution < -0.4 is 5.32 Å². The lowest BCUT2D eigenvalue weighted by molar-refractivity contribution is -0.141. The number of methoxy groups -OCH3 is 1. The molecular weight excluding hydrogens is 394 g/mol. The number of pyridine rings is 1. The van der Waals surface area contributed by atoms with E-state index in [4.69, 9.17) is 4.74 Å². The first-order chi connectivity index (χ1) is 15.0. The summed E-state index contributed by atoms with van der Waals surface area (Å²) >= 11 is 0. The van der Waals surface area contributed by atoms with E-state index in [-0.39, 0.29) is 24.0 Å². The Labute approximate surface area is 181 Å². The van der Waals surface area contributed by atoms with E-state index in [1.807, 2.05) is 29.8 Å². The number of carbonyl (C=O) groups is 2. The Kier molecular flexibility index (Phi) is 6.27. The Morgan fingerprint density at radius 2 is 1.94 bits per heavy atom. The summed E-state index contributed by atoms with van der Waals surface area (Å²) in [5.74, 6) is -0.371. The predicted octanol–water partition coefficient (Wildman–Crippen LogP) is 2.24. The van der Waals surface area contributed by atoms with Crippen molar-refractivity contribution < 1.29 is 14.3 Å². The molecule has 1 aromatic carbocycles. The van der Waals surface area contributed by atoms with E-state index in [9.17, 15) is 9.59 Å². The van der Waals surface area contributed by atoms with Gasteiger partial charge in [-0.05, 0) is 31.5 Å². The molecule has 3 heterocycles. The molecule has 1 saturated heterocycles. The highest BCUT2D eigenvalue weighted by atomic mass is 16.5. The smallest absolute Gasteiger partial charge is 0.307 e. The molecule has 3 aromatic rings. The van der Waals surface area contributed by atoms with E-state index in [0.717, 1.165) is 24.1 Å². The molecule has 1 aliphatic heterocycles. The van der Waals surface area contributed by atoms with Crippen molar-refractivity contribution in [2.45, 2.75) is 37.9 Å². The van der Waals surface area contributed by atoms with Crippen molar-refractivity contribution in [1.82, 2.24) is 24.8 Å². The van der Waals surface area contributed by atoms with Crippen LogP contribution in [-0.2, 0) is 16.1 Å². The zero-order chi connectivity index (χ0) is 21.8. The summed E-state index contributed by atoms with van der Waals surface area (Å²) in [6.45, 7) is 1.20. The standard InChI is InChI=1S/C23H27N5O3/c1-27-18(11-21(29)31-2)8-9-19(27)13-25-23(30)17-10-20-22(24-12-17)28(15-26-20)14-16-6-4-3-5-7-16/h3-7,10,12,15,18-19H,8-9,11,13-14H2,1-2H3,(H,25,30)/t18-,19+/m1/s1. The van der Waals surface area contributed by atoms with Crippen LogP contribution in [0.2, 0.25) is 0 Å². The third kappa shape index (κ3) is 4.74. The van der Waals surface area contributed by atoms with Crippen molar-refractivity contribution in [2.24, 2.45) is 0 Å². The molecule has 2 atom stereocenters. The highest BCUT2D eigenvalue weighted by molar-refractivity contribution is 5.96. The summed E-state index contributed by atoms with van der Waals surface area (Å²) in [5, 5.41) is 3.00. The van der Waals surface area contributed by atoms with Crippen molar-refractivity contribution in [2.75, 3.05) is 20.7 Å². The Morgan fingerprint density at radius 1 is 1.16 bits per heavy atom. The maximum absolute atomic E-state index is 12.7. The van der Waals surface area contributed by atoms with Crippen LogP contribution in [0.4, 0.5) is 0 Å². The minimum atomic E-state index is -0.201. The number of hydrogen-bond donors (Lipinski definition) is 1. The van der Waals surface area contributed by atoms with Crippen LogP contribution in [0.25, 0.3) is 11.2 Å². The lowest BCUT2D eigenvalue weighted by atomic mass is 10.1. The van der Waals surface area contributed by atoms with E-state index in [1.54, 1.807) is 18.6 Å². The van der Waals surface area contributed by atoms with E-state index >= 15 is 0 Å². The summed E-state index contributed by atoms with van der Waals surface area (Å²) in [6.07, 6.45) is 5.57. The normalized spacial score (nSPS) is 18.9. The second kappa shape index (κ2) is 9.26. The Balaban J connectivity index is 1.37. The van der Waals surface area contributed by atoms with Gasteiger partial charge in [0.1, 0.15) is 5.52 Å². The largest absolute Gasteiger partial charge is 0.469 e. The predicted molar refractivity (Wildman–Crippen MR) is 117 cm³/mol. The van der Waals surface area contributed by atoms with Crippen LogP contribution >= 0.6 is 0 Å². The van der Waals surface area contributed by atoms with Crippen LogP contribution in [0, 0.1) is 0 Å². The maximum atomic E-state index is 12.7. The fourth-order valence-electron chi connectivity index (χ4n) is 4.14. The second-order valence-corrected chi connectivity index (χ2v) is 7.97. The molecule has 8 nitrogen and oxygen atoms in total. The number of esters is 1. The molecule has 0 aliphatic carbocycles. The molecule has 1 N–H and O–H groups in total. The average Bonchev–Trinajstić information content (AvgIpc) is 3.35. The molecule has 4 rings (SSSR count). The fraction of sp³-hybridized carbons (Fsp3) is 0.391. The minimum Gasteiger partial charge on any atom is -0.469 e. The molecule has 162 valence electrons. The molecule has 1 aliphatic rings. The van der Waals surface area contributed by atoms with Gasteiger partial charge in [0.25, 0.3) is 5.91 Å². The number of carbonyl (C=O) groups excluding carboxylic acids is 2. The number of ether oxygens (including phenoxy) is 1. The third-order valence-electron chi connectivity index (χ3n) is 6.03. The van der Waals surface area contributed by atoms with E-state index in [2.05, 4.69) is 32.3 Å². The molecule has 0 radical (unpaired) electrons. The van der Waals surface area contributed by atoms with Crippen molar-refractivity contribution in [1.29, 1.82) is 0 Å². The molecule has 31 heavy (non-hydrogen) atoms. The number of likely N-dealkylation sites (N-methyl/N-ethyl adjacent to an activating group) is 1.